The van der Waals surface area contributed by atoms with Crippen LogP contribution in [-0.4, -0.2) is 34.2 Å². The Morgan fingerprint density at radius 3 is 2.79 bits per heavy atom. The third-order valence-electron chi connectivity index (χ3n) is 2.88. The summed E-state index contributed by atoms with van der Waals surface area (Å²) in [5.74, 6) is 0.383. The van der Waals surface area contributed by atoms with Gasteiger partial charge in [-0.3, -0.25) is 9.89 Å². The van der Waals surface area contributed by atoms with Gasteiger partial charge in [-0.15, -0.1) is 0 Å². The molecular weight excluding hydrogens is 242 g/mol. The van der Waals surface area contributed by atoms with Crippen molar-refractivity contribution in [3.8, 4) is 0 Å². The molecule has 0 saturated heterocycles. The van der Waals surface area contributed by atoms with Crippen LogP contribution in [0.1, 0.15) is 17.3 Å². The Labute approximate surface area is 111 Å². The van der Waals surface area contributed by atoms with Crippen LogP contribution in [0.2, 0.25) is 0 Å². The minimum atomic E-state index is -0.309. The first-order valence-corrected chi connectivity index (χ1v) is 6.18. The Bertz CT molecular complexity index is 497. The second kappa shape index (κ2) is 6.65. The highest BCUT2D eigenvalue weighted by Gasteiger charge is 2.18. The molecule has 0 aliphatic carbocycles. The van der Waals surface area contributed by atoms with Crippen molar-refractivity contribution in [1.29, 1.82) is 0 Å². The van der Waals surface area contributed by atoms with Gasteiger partial charge in [0.25, 0.3) is 0 Å². The average Bonchev–Trinajstić information content (AvgIpc) is 2.94. The highest BCUT2D eigenvalue weighted by molar-refractivity contribution is 5.83. The van der Waals surface area contributed by atoms with Gasteiger partial charge in [-0.1, -0.05) is 30.3 Å². The summed E-state index contributed by atoms with van der Waals surface area (Å²) < 4.78 is 0. The summed E-state index contributed by atoms with van der Waals surface area (Å²) in [5, 5.41) is 9.36. The van der Waals surface area contributed by atoms with Crippen LogP contribution in [0, 0.1) is 0 Å². The predicted molar refractivity (Wildman–Crippen MR) is 71.3 cm³/mol. The first-order chi connectivity index (χ1) is 9.31. The molecule has 100 valence electrons. The lowest BCUT2D eigenvalue weighted by Gasteiger charge is -2.14. The highest BCUT2D eigenvalue weighted by atomic mass is 16.1. The van der Waals surface area contributed by atoms with E-state index in [2.05, 4.69) is 20.5 Å². The maximum absolute atomic E-state index is 12.1. The first kappa shape index (κ1) is 13.2. The van der Waals surface area contributed by atoms with E-state index in [9.17, 15) is 4.79 Å². The third-order valence-corrected chi connectivity index (χ3v) is 2.88. The van der Waals surface area contributed by atoms with E-state index in [-0.39, 0.29) is 18.4 Å². The van der Waals surface area contributed by atoms with Crippen molar-refractivity contribution in [3.63, 3.8) is 0 Å². The van der Waals surface area contributed by atoms with E-state index in [4.69, 9.17) is 5.73 Å². The standard InChI is InChI=1S/C13H17N5O/c14-8-11(10-4-2-1-3-5-10)13(19)15-7-6-12-16-9-17-18-12/h1-5,9,11H,6-8,14H2,(H,15,19)(H,16,17,18). The van der Waals surface area contributed by atoms with E-state index in [1.54, 1.807) is 0 Å². The van der Waals surface area contributed by atoms with E-state index in [1.807, 2.05) is 30.3 Å². The summed E-state index contributed by atoms with van der Waals surface area (Å²) in [4.78, 5) is 16.1. The summed E-state index contributed by atoms with van der Waals surface area (Å²) >= 11 is 0. The smallest absolute Gasteiger partial charge is 0.228 e. The SMILES string of the molecule is NCC(C(=O)NCCc1ncn[nH]1)c1ccccc1. The number of H-pyrrole nitrogens is 1. The van der Waals surface area contributed by atoms with Gasteiger partial charge in [0.1, 0.15) is 12.2 Å². The summed E-state index contributed by atoms with van der Waals surface area (Å²) in [7, 11) is 0. The molecule has 0 bridgehead atoms. The number of amides is 1. The fourth-order valence-corrected chi connectivity index (χ4v) is 1.86. The molecular formula is C13H17N5O. The van der Waals surface area contributed by atoms with E-state index in [0.717, 1.165) is 11.4 Å². The monoisotopic (exact) mass is 259 g/mol. The molecule has 1 amide bonds. The number of nitrogens with one attached hydrogen (secondary N) is 2. The van der Waals surface area contributed by atoms with Crippen LogP contribution in [0.3, 0.4) is 0 Å². The van der Waals surface area contributed by atoms with Crippen molar-refractivity contribution in [2.24, 2.45) is 5.73 Å². The van der Waals surface area contributed by atoms with Crippen LogP contribution in [0.25, 0.3) is 0 Å². The Balaban J connectivity index is 1.87. The summed E-state index contributed by atoms with van der Waals surface area (Å²) in [5.41, 5.74) is 6.62. The molecule has 0 spiro atoms. The minimum Gasteiger partial charge on any atom is -0.355 e. The van der Waals surface area contributed by atoms with Crippen LogP contribution >= 0.6 is 0 Å². The number of rotatable bonds is 6. The Morgan fingerprint density at radius 2 is 2.16 bits per heavy atom. The predicted octanol–water partition coefficient (Wildman–Crippen LogP) is 0.206. The van der Waals surface area contributed by atoms with Crippen molar-refractivity contribution in [1.82, 2.24) is 20.5 Å². The molecule has 6 heteroatoms. The zero-order valence-electron chi connectivity index (χ0n) is 10.5. The largest absolute Gasteiger partial charge is 0.355 e. The van der Waals surface area contributed by atoms with E-state index < -0.39 is 0 Å². The number of hydrogen-bond acceptors (Lipinski definition) is 4. The summed E-state index contributed by atoms with van der Waals surface area (Å²) in [6.07, 6.45) is 2.07. The van der Waals surface area contributed by atoms with Crippen molar-refractivity contribution in [2.45, 2.75) is 12.3 Å². The molecule has 1 unspecified atom stereocenters. The Hall–Kier alpha value is -2.21. The molecule has 0 saturated carbocycles. The summed E-state index contributed by atoms with van der Waals surface area (Å²) in [6.45, 7) is 0.801. The maximum Gasteiger partial charge on any atom is 0.228 e. The Kier molecular flexibility index (Phi) is 4.63. The molecule has 1 atom stereocenters. The minimum absolute atomic E-state index is 0.0618. The number of carbonyl (C=O) groups is 1. The quantitative estimate of drug-likeness (QED) is 0.690. The molecule has 2 aromatic rings. The lowest BCUT2D eigenvalue weighted by Crippen LogP contribution is -2.34. The van der Waals surface area contributed by atoms with Gasteiger partial charge in [-0.2, -0.15) is 5.10 Å². The molecule has 1 aromatic carbocycles. The van der Waals surface area contributed by atoms with E-state index >= 15 is 0 Å². The number of nitrogens with zero attached hydrogens (tertiary/aromatic N) is 2. The van der Waals surface area contributed by atoms with Crippen molar-refractivity contribution in [3.05, 3.63) is 48.0 Å². The van der Waals surface area contributed by atoms with E-state index in [1.165, 1.54) is 6.33 Å². The van der Waals surface area contributed by atoms with Crippen LogP contribution < -0.4 is 11.1 Å². The second-order valence-electron chi connectivity index (χ2n) is 4.17. The van der Waals surface area contributed by atoms with Crippen LogP contribution in [-0.2, 0) is 11.2 Å². The molecule has 1 heterocycles. The third kappa shape index (κ3) is 3.62. The fourth-order valence-electron chi connectivity index (χ4n) is 1.86. The van der Waals surface area contributed by atoms with Gasteiger partial charge in [0.2, 0.25) is 5.91 Å². The number of hydrogen-bond donors (Lipinski definition) is 3. The molecule has 4 N–H and O–H groups in total. The molecule has 6 nitrogen and oxygen atoms in total. The second-order valence-corrected chi connectivity index (χ2v) is 4.17. The normalized spacial score (nSPS) is 12.1. The molecule has 19 heavy (non-hydrogen) atoms. The van der Waals surface area contributed by atoms with Gasteiger partial charge in [-0.25, -0.2) is 4.98 Å². The lowest BCUT2D eigenvalue weighted by atomic mass is 9.98. The number of carbonyl (C=O) groups excluding carboxylic acids is 1. The van der Waals surface area contributed by atoms with Gasteiger partial charge in [0.05, 0.1) is 5.92 Å². The number of benzene rings is 1. The zero-order chi connectivity index (χ0) is 13.5. The van der Waals surface area contributed by atoms with Gasteiger partial charge >= 0.3 is 0 Å². The summed E-state index contributed by atoms with van der Waals surface area (Å²) in [6, 6.07) is 9.54. The Morgan fingerprint density at radius 1 is 1.37 bits per heavy atom. The van der Waals surface area contributed by atoms with Gasteiger partial charge in [0.15, 0.2) is 0 Å². The fraction of sp³-hybridized carbons (Fsp3) is 0.308. The van der Waals surface area contributed by atoms with Gasteiger partial charge < -0.3 is 11.1 Å². The van der Waals surface area contributed by atoms with Crippen molar-refractivity contribution < 1.29 is 4.79 Å². The molecule has 2 rings (SSSR count). The first-order valence-electron chi connectivity index (χ1n) is 6.18. The molecule has 0 radical (unpaired) electrons. The van der Waals surface area contributed by atoms with Gasteiger partial charge in [-0.05, 0) is 5.56 Å². The zero-order valence-corrected chi connectivity index (χ0v) is 10.5. The molecule has 1 aromatic heterocycles. The number of aromatic amines is 1. The number of aromatic nitrogens is 3. The van der Waals surface area contributed by atoms with Crippen LogP contribution in [0.5, 0.6) is 0 Å². The molecule has 0 fully saturated rings. The van der Waals surface area contributed by atoms with Gasteiger partial charge in [0, 0.05) is 19.5 Å². The topological polar surface area (TPSA) is 96.7 Å². The molecule has 0 aliphatic heterocycles. The van der Waals surface area contributed by atoms with E-state index in [0.29, 0.717) is 13.0 Å². The van der Waals surface area contributed by atoms with Crippen LogP contribution in [0.15, 0.2) is 36.7 Å². The molecule has 0 aliphatic rings. The average molecular weight is 259 g/mol. The highest BCUT2D eigenvalue weighted by Crippen LogP contribution is 2.13. The van der Waals surface area contributed by atoms with Crippen LogP contribution in [0.4, 0.5) is 0 Å². The van der Waals surface area contributed by atoms with Crippen molar-refractivity contribution >= 4 is 5.91 Å². The maximum atomic E-state index is 12.1. The number of nitrogens with two attached hydrogens (primary N) is 1. The van der Waals surface area contributed by atoms with Crippen molar-refractivity contribution in [2.75, 3.05) is 13.1 Å². The lowest BCUT2D eigenvalue weighted by molar-refractivity contribution is -0.122.